The molecule has 0 radical (unpaired) electrons. The summed E-state index contributed by atoms with van der Waals surface area (Å²) in [5.74, 6) is -0.705. The number of halogens is 2. The molecular weight excluding hydrogens is 352 g/mol. The molecule has 0 aliphatic carbocycles. The maximum atomic E-state index is 13.4. The van der Waals surface area contributed by atoms with Crippen LogP contribution in [0.5, 0.6) is 0 Å². The quantitative estimate of drug-likeness (QED) is 0.468. The summed E-state index contributed by atoms with van der Waals surface area (Å²) in [6.45, 7) is 5.18. The molecule has 1 aromatic carbocycles. The Kier molecular flexibility index (Phi) is 4.41. The zero-order chi connectivity index (χ0) is 14.1. The lowest BCUT2D eigenvalue weighted by molar-refractivity contribution is -0.385. The van der Waals surface area contributed by atoms with Crippen LogP contribution in [0.15, 0.2) is 12.1 Å². The highest BCUT2D eigenvalue weighted by molar-refractivity contribution is 14.1. The van der Waals surface area contributed by atoms with Gasteiger partial charge < -0.3 is 0 Å². The van der Waals surface area contributed by atoms with Crippen LogP contribution in [0.1, 0.15) is 26.3 Å². The van der Waals surface area contributed by atoms with E-state index in [0.29, 0.717) is 0 Å². The lowest BCUT2D eigenvalue weighted by atomic mass is 9.87. The van der Waals surface area contributed by atoms with E-state index in [1.807, 2.05) is 0 Å². The molecule has 6 heteroatoms. The van der Waals surface area contributed by atoms with Crippen molar-refractivity contribution in [2.24, 2.45) is 5.41 Å². The van der Waals surface area contributed by atoms with Crippen molar-refractivity contribution in [3.8, 4) is 0 Å². The molecule has 0 heterocycles. The number of Topliss-reactive ketones (excluding diaryl/α,β-unsaturated/α-hetero) is 1. The van der Waals surface area contributed by atoms with Crippen molar-refractivity contribution >= 4 is 34.1 Å². The number of nitro groups is 1. The van der Waals surface area contributed by atoms with Gasteiger partial charge in [-0.25, -0.2) is 4.39 Å². The maximum Gasteiger partial charge on any atom is 0.274 e. The average molecular weight is 365 g/mol. The van der Waals surface area contributed by atoms with Crippen molar-refractivity contribution in [2.75, 3.05) is 0 Å². The maximum absolute atomic E-state index is 13.4. The van der Waals surface area contributed by atoms with Gasteiger partial charge in [-0.1, -0.05) is 20.8 Å². The third-order valence-electron chi connectivity index (χ3n) is 2.51. The molecule has 0 bridgehead atoms. The van der Waals surface area contributed by atoms with Crippen LogP contribution in [0, 0.1) is 24.9 Å². The van der Waals surface area contributed by atoms with E-state index in [1.54, 1.807) is 43.4 Å². The minimum Gasteiger partial charge on any atom is -0.299 e. The lowest BCUT2D eigenvalue weighted by Crippen LogP contribution is -2.22. The van der Waals surface area contributed by atoms with Gasteiger partial charge in [0.15, 0.2) is 0 Å². The van der Waals surface area contributed by atoms with Gasteiger partial charge in [0, 0.05) is 23.5 Å². The van der Waals surface area contributed by atoms with Crippen LogP contribution >= 0.6 is 22.6 Å². The molecule has 0 N–H and O–H groups in total. The van der Waals surface area contributed by atoms with Crippen LogP contribution in [0.3, 0.4) is 0 Å². The second-order valence-electron chi connectivity index (χ2n) is 5.00. The Morgan fingerprint density at radius 1 is 1.44 bits per heavy atom. The highest BCUT2D eigenvalue weighted by atomic mass is 127. The summed E-state index contributed by atoms with van der Waals surface area (Å²) in [4.78, 5) is 22.2. The molecule has 0 aliphatic rings. The number of nitrogens with zero attached hydrogens (tertiary/aromatic N) is 1. The van der Waals surface area contributed by atoms with Crippen molar-refractivity contribution < 1.29 is 14.1 Å². The molecule has 0 atom stereocenters. The molecule has 0 amide bonds. The van der Waals surface area contributed by atoms with Crippen LogP contribution in [-0.4, -0.2) is 10.7 Å². The first-order valence-electron chi connectivity index (χ1n) is 5.28. The van der Waals surface area contributed by atoms with Crippen molar-refractivity contribution in [1.29, 1.82) is 0 Å². The predicted octanol–water partition coefficient (Wildman–Crippen LogP) is 3.50. The molecule has 0 fully saturated rings. The van der Waals surface area contributed by atoms with Gasteiger partial charge in [-0.2, -0.15) is 0 Å². The number of hydrogen-bond donors (Lipinski definition) is 0. The largest absolute Gasteiger partial charge is 0.299 e. The summed E-state index contributed by atoms with van der Waals surface area (Å²) in [6, 6.07) is 2.23. The van der Waals surface area contributed by atoms with Gasteiger partial charge in [0.2, 0.25) is 0 Å². The first-order valence-corrected chi connectivity index (χ1v) is 6.36. The fraction of sp³-hybridized carbons (Fsp3) is 0.417. The van der Waals surface area contributed by atoms with E-state index in [0.717, 1.165) is 12.1 Å². The number of ketones is 1. The molecule has 1 rings (SSSR count). The van der Waals surface area contributed by atoms with Gasteiger partial charge in [0.25, 0.3) is 5.69 Å². The van der Waals surface area contributed by atoms with Crippen molar-refractivity contribution in [3.63, 3.8) is 0 Å². The molecule has 0 saturated carbocycles. The van der Waals surface area contributed by atoms with Crippen LogP contribution in [-0.2, 0) is 11.2 Å². The summed E-state index contributed by atoms with van der Waals surface area (Å²) in [7, 11) is 0. The fourth-order valence-corrected chi connectivity index (χ4v) is 1.78. The Hall–Kier alpha value is -1.05. The van der Waals surface area contributed by atoms with Gasteiger partial charge in [0.1, 0.15) is 11.6 Å². The van der Waals surface area contributed by atoms with Crippen molar-refractivity contribution in [1.82, 2.24) is 0 Å². The van der Waals surface area contributed by atoms with E-state index in [2.05, 4.69) is 0 Å². The van der Waals surface area contributed by atoms with E-state index < -0.39 is 16.2 Å². The molecule has 18 heavy (non-hydrogen) atoms. The van der Waals surface area contributed by atoms with Gasteiger partial charge in [0.05, 0.1) is 8.49 Å². The number of benzene rings is 1. The smallest absolute Gasteiger partial charge is 0.274 e. The fourth-order valence-electron chi connectivity index (χ4n) is 1.33. The Morgan fingerprint density at radius 2 is 2.00 bits per heavy atom. The van der Waals surface area contributed by atoms with E-state index in [4.69, 9.17) is 0 Å². The van der Waals surface area contributed by atoms with E-state index in [9.17, 15) is 19.3 Å². The Balaban J connectivity index is 3.20. The summed E-state index contributed by atoms with van der Waals surface area (Å²) < 4.78 is 13.6. The molecule has 98 valence electrons. The first-order chi connectivity index (χ1) is 8.12. The molecule has 0 spiro atoms. The van der Waals surface area contributed by atoms with Crippen molar-refractivity contribution in [3.05, 3.63) is 37.2 Å². The monoisotopic (exact) mass is 365 g/mol. The minimum atomic E-state index is -0.604. The standard InChI is InChI=1S/C12H13FINO3/c1-12(2,3)11(16)5-7-4-8(13)9(14)6-10(7)15(17)18/h4,6H,5H2,1-3H3. The highest BCUT2D eigenvalue weighted by Gasteiger charge is 2.26. The molecular formula is C12H13FINO3. The third kappa shape index (κ3) is 3.47. The summed E-state index contributed by atoms with van der Waals surface area (Å²) in [5.41, 5.74) is -0.691. The van der Waals surface area contributed by atoms with Crippen LogP contribution < -0.4 is 0 Å². The van der Waals surface area contributed by atoms with Gasteiger partial charge in [-0.15, -0.1) is 0 Å². The van der Waals surface area contributed by atoms with Crippen molar-refractivity contribution in [2.45, 2.75) is 27.2 Å². The number of hydrogen-bond acceptors (Lipinski definition) is 3. The summed E-state index contributed by atoms with van der Waals surface area (Å²) in [6.07, 6.45) is -0.131. The van der Waals surface area contributed by atoms with Crippen LogP contribution in [0.25, 0.3) is 0 Å². The SMILES string of the molecule is CC(C)(C)C(=O)Cc1cc(F)c(I)cc1[N+](=O)[O-]. The second-order valence-corrected chi connectivity index (χ2v) is 6.16. The van der Waals surface area contributed by atoms with Crippen LogP contribution in [0.2, 0.25) is 0 Å². The molecule has 0 aliphatic heterocycles. The summed E-state index contributed by atoms with van der Waals surface area (Å²) in [5, 5.41) is 10.9. The predicted molar refractivity (Wildman–Crippen MR) is 73.9 cm³/mol. The molecule has 0 saturated heterocycles. The number of nitro benzene ring substituents is 1. The summed E-state index contributed by atoms with van der Waals surface area (Å²) >= 11 is 1.69. The van der Waals surface area contributed by atoms with E-state index >= 15 is 0 Å². The number of carbonyl (C=O) groups is 1. The zero-order valence-corrected chi connectivity index (χ0v) is 12.4. The van der Waals surface area contributed by atoms with Crippen LogP contribution in [0.4, 0.5) is 10.1 Å². The zero-order valence-electron chi connectivity index (χ0n) is 10.3. The normalized spacial score (nSPS) is 11.4. The molecule has 1 aromatic rings. The average Bonchev–Trinajstić information content (AvgIpc) is 2.21. The lowest BCUT2D eigenvalue weighted by Gasteiger charge is -2.16. The van der Waals surface area contributed by atoms with Gasteiger partial charge in [-0.05, 0) is 28.7 Å². The highest BCUT2D eigenvalue weighted by Crippen LogP contribution is 2.27. The Morgan fingerprint density at radius 3 is 2.44 bits per heavy atom. The molecule has 0 unspecified atom stereocenters. The van der Waals surface area contributed by atoms with E-state index in [1.165, 1.54) is 0 Å². The van der Waals surface area contributed by atoms with Gasteiger partial charge >= 0.3 is 0 Å². The Labute approximate surface area is 118 Å². The molecule has 0 aromatic heterocycles. The third-order valence-corrected chi connectivity index (χ3v) is 3.33. The van der Waals surface area contributed by atoms with Gasteiger partial charge in [-0.3, -0.25) is 14.9 Å². The van der Waals surface area contributed by atoms with E-state index in [-0.39, 0.29) is 27.0 Å². The first kappa shape index (κ1) is 15.0. The number of carbonyl (C=O) groups excluding carboxylic acids is 1. The molecule has 4 nitrogen and oxygen atoms in total. The number of rotatable bonds is 3. The minimum absolute atomic E-state index is 0.123. The Bertz CT molecular complexity index is 509. The topological polar surface area (TPSA) is 60.2 Å². The second kappa shape index (κ2) is 5.29.